The van der Waals surface area contributed by atoms with Crippen LogP contribution in [0.3, 0.4) is 0 Å². The molecule has 28 heavy (non-hydrogen) atoms. The summed E-state index contributed by atoms with van der Waals surface area (Å²) in [6.07, 6.45) is 0.949. The van der Waals surface area contributed by atoms with Gasteiger partial charge in [-0.25, -0.2) is 0 Å². The molecule has 1 aromatic heterocycles. The summed E-state index contributed by atoms with van der Waals surface area (Å²) in [7, 11) is 3.65. The number of hydrogen-bond donors (Lipinski definition) is 0. The van der Waals surface area contributed by atoms with E-state index in [0.717, 1.165) is 31.0 Å². The van der Waals surface area contributed by atoms with Crippen LogP contribution in [0.15, 0.2) is 54.6 Å². The Hall–Kier alpha value is -2.70. The Morgan fingerprint density at radius 3 is 2.57 bits per heavy atom. The number of nitrogens with zero attached hydrogens (tertiary/aromatic N) is 4. The van der Waals surface area contributed by atoms with Crippen molar-refractivity contribution in [1.29, 1.82) is 0 Å². The third kappa shape index (κ3) is 4.08. The summed E-state index contributed by atoms with van der Waals surface area (Å²) in [6.45, 7) is 3.00. The summed E-state index contributed by atoms with van der Waals surface area (Å²) < 4.78 is 13.3. The number of hydrogen-bond acceptors (Lipinski definition) is 5. The van der Waals surface area contributed by atoms with Crippen LogP contribution in [0.5, 0.6) is 5.75 Å². The van der Waals surface area contributed by atoms with Crippen LogP contribution in [0.2, 0.25) is 0 Å². The fourth-order valence-corrected chi connectivity index (χ4v) is 3.72. The maximum Gasteiger partial charge on any atom is 0.118 e. The van der Waals surface area contributed by atoms with Crippen molar-refractivity contribution in [2.75, 3.05) is 20.3 Å². The minimum atomic E-state index is 0.100. The van der Waals surface area contributed by atoms with Gasteiger partial charge in [0, 0.05) is 26.6 Å². The summed E-state index contributed by atoms with van der Waals surface area (Å²) in [5.41, 5.74) is 4.68. The summed E-state index contributed by atoms with van der Waals surface area (Å²) in [4.78, 5) is 2.43. The monoisotopic (exact) mass is 378 g/mol. The van der Waals surface area contributed by atoms with Crippen LogP contribution in [-0.4, -0.2) is 40.2 Å². The maximum absolute atomic E-state index is 6.09. The van der Waals surface area contributed by atoms with E-state index in [1.807, 2.05) is 42.1 Å². The molecule has 0 amide bonds. The molecule has 146 valence electrons. The fourth-order valence-electron chi connectivity index (χ4n) is 3.72. The molecule has 2 aromatic carbocycles. The quantitative estimate of drug-likeness (QED) is 0.632. The molecule has 0 unspecified atom stereocenters. The molecule has 6 heteroatoms. The summed E-state index contributed by atoms with van der Waals surface area (Å²) in [6, 6.07) is 18.6. The smallest absolute Gasteiger partial charge is 0.118 e. The Labute approximate surface area is 165 Å². The Morgan fingerprint density at radius 2 is 1.82 bits per heavy atom. The Balaban J connectivity index is 1.48. The number of aromatic nitrogens is 3. The van der Waals surface area contributed by atoms with E-state index in [0.29, 0.717) is 13.2 Å². The van der Waals surface area contributed by atoms with Crippen LogP contribution in [0.1, 0.15) is 28.6 Å². The molecule has 6 nitrogen and oxygen atoms in total. The number of rotatable bonds is 7. The van der Waals surface area contributed by atoms with Crippen molar-refractivity contribution in [1.82, 2.24) is 19.9 Å². The largest absolute Gasteiger partial charge is 0.497 e. The minimum absolute atomic E-state index is 0.100. The van der Waals surface area contributed by atoms with Crippen LogP contribution in [0.25, 0.3) is 0 Å². The third-order valence-electron chi connectivity index (χ3n) is 5.30. The molecule has 0 radical (unpaired) electrons. The SMILES string of the molecule is COc1ccc(CN2CCc3c(nnn3C)[C@@H]2COCc2ccccc2)cc1. The van der Waals surface area contributed by atoms with Gasteiger partial charge in [0.05, 0.1) is 32.1 Å². The van der Waals surface area contributed by atoms with Gasteiger partial charge in [-0.2, -0.15) is 0 Å². The zero-order chi connectivity index (χ0) is 19.3. The molecule has 0 bridgehead atoms. The normalized spacial score (nSPS) is 16.7. The molecule has 4 rings (SSSR count). The lowest BCUT2D eigenvalue weighted by Crippen LogP contribution is -2.38. The van der Waals surface area contributed by atoms with E-state index in [4.69, 9.17) is 9.47 Å². The number of aryl methyl sites for hydroxylation is 1. The van der Waals surface area contributed by atoms with E-state index in [-0.39, 0.29) is 6.04 Å². The van der Waals surface area contributed by atoms with Gasteiger partial charge in [0.25, 0.3) is 0 Å². The molecule has 1 aliphatic rings. The lowest BCUT2D eigenvalue weighted by molar-refractivity contribution is 0.0389. The first-order valence-corrected chi connectivity index (χ1v) is 9.61. The van der Waals surface area contributed by atoms with Crippen LogP contribution in [0.4, 0.5) is 0 Å². The lowest BCUT2D eigenvalue weighted by Gasteiger charge is -2.34. The van der Waals surface area contributed by atoms with Crippen LogP contribution >= 0.6 is 0 Å². The molecule has 0 saturated carbocycles. The fraction of sp³-hybridized carbons (Fsp3) is 0.364. The zero-order valence-corrected chi connectivity index (χ0v) is 16.4. The Morgan fingerprint density at radius 1 is 1.04 bits per heavy atom. The van der Waals surface area contributed by atoms with Gasteiger partial charge in [-0.3, -0.25) is 9.58 Å². The highest BCUT2D eigenvalue weighted by Crippen LogP contribution is 2.30. The van der Waals surface area contributed by atoms with Crippen molar-refractivity contribution in [3.63, 3.8) is 0 Å². The molecule has 1 atom stereocenters. The molecular formula is C22H26N4O2. The molecule has 0 spiro atoms. The number of methoxy groups -OCH3 is 1. The second-order valence-electron chi connectivity index (χ2n) is 7.13. The molecule has 0 saturated heterocycles. The maximum atomic E-state index is 6.09. The van der Waals surface area contributed by atoms with Gasteiger partial charge >= 0.3 is 0 Å². The first-order chi connectivity index (χ1) is 13.7. The third-order valence-corrected chi connectivity index (χ3v) is 5.30. The Bertz CT molecular complexity index is 893. The van der Waals surface area contributed by atoms with E-state index in [9.17, 15) is 0 Å². The van der Waals surface area contributed by atoms with Gasteiger partial charge in [-0.15, -0.1) is 5.10 Å². The average Bonchev–Trinajstić information content (AvgIpc) is 3.12. The molecule has 2 heterocycles. The van der Waals surface area contributed by atoms with Gasteiger partial charge in [0.1, 0.15) is 11.4 Å². The summed E-state index contributed by atoms with van der Waals surface area (Å²) >= 11 is 0. The summed E-state index contributed by atoms with van der Waals surface area (Å²) in [5.74, 6) is 0.876. The van der Waals surface area contributed by atoms with Gasteiger partial charge in [0.2, 0.25) is 0 Å². The van der Waals surface area contributed by atoms with E-state index < -0.39 is 0 Å². The van der Waals surface area contributed by atoms with Crippen LogP contribution in [-0.2, 0) is 31.4 Å². The van der Waals surface area contributed by atoms with E-state index in [2.05, 4.69) is 39.5 Å². The first-order valence-electron chi connectivity index (χ1n) is 9.61. The molecule has 0 N–H and O–H groups in total. The van der Waals surface area contributed by atoms with Gasteiger partial charge in [0.15, 0.2) is 0 Å². The predicted molar refractivity (Wildman–Crippen MR) is 107 cm³/mol. The van der Waals surface area contributed by atoms with Crippen molar-refractivity contribution in [3.8, 4) is 5.75 Å². The summed E-state index contributed by atoms with van der Waals surface area (Å²) in [5, 5.41) is 8.70. The number of ether oxygens (including phenoxy) is 2. The van der Waals surface area contributed by atoms with Crippen LogP contribution in [0, 0.1) is 0 Å². The Kier molecular flexibility index (Phi) is 5.69. The van der Waals surface area contributed by atoms with Crippen molar-refractivity contribution in [3.05, 3.63) is 77.1 Å². The highest BCUT2D eigenvalue weighted by atomic mass is 16.5. The topological polar surface area (TPSA) is 52.4 Å². The predicted octanol–water partition coefficient (Wildman–Crippen LogP) is 3.14. The molecule has 3 aromatic rings. The molecule has 0 fully saturated rings. The highest BCUT2D eigenvalue weighted by molar-refractivity contribution is 5.28. The zero-order valence-electron chi connectivity index (χ0n) is 16.4. The van der Waals surface area contributed by atoms with Crippen molar-refractivity contribution < 1.29 is 9.47 Å². The van der Waals surface area contributed by atoms with E-state index >= 15 is 0 Å². The number of fused-ring (bicyclic) bond motifs is 1. The van der Waals surface area contributed by atoms with E-state index in [1.165, 1.54) is 16.8 Å². The second kappa shape index (κ2) is 8.54. The average molecular weight is 378 g/mol. The molecular weight excluding hydrogens is 352 g/mol. The first kappa shape index (κ1) is 18.7. The minimum Gasteiger partial charge on any atom is -0.497 e. The van der Waals surface area contributed by atoms with Gasteiger partial charge in [-0.05, 0) is 23.3 Å². The second-order valence-corrected chi connectivity index (χ2v) is 7.13. The van der Waals surface area contributed by atoms with Crippen molar-refractivity contribution in [2.24, 2.45) is 7.05 Å². The van der Waals surface area contributed by atoms with Gasteiger partial charge < -0.3 is 9.47 Å². The standard InChI is InChI=1S/C22H26N4O2/c1-25-20-12-13-26(14-17-8-10-19(27-2)11-9-17)21(22(20)23-24-25)16-28-15-18-6-4-3-5-7-18/h3-11,21H,12-16H2,1-2H3/t21-/m0/s1. The van der Waals surface area contributed by atoms with Crippen molar-refractivity contribution in [2.45, 2.75) is 25.6 Å². The van der Waals surface area contributed by atoms with Gasteiger partial charge in [-0.1, -0.05) is 47.7 Å². The number of benzene rings is 2. The highest BCUT2D eigenvalue weighted by Gasteiger charge is 2.31. The van der Waals surface area contributed by atoms with Crippen LogP contribution < -0.4 is 4.74 Å². The van der Waals surface area contributed by atoms with Crippen molar-refractivity contribution >= 4 is 0 Å². The molecule has 0 aliphatic carbocycles. The van der Waals surface area contributed by atoms with E-state index in [1.54, 1.807) is 7.11 Å². The lowest BCUT2D eigenvalue weighted by atomic mass is 10.0. The molecule has 1 aliphatic heterocycles.